The van der Waals surface area contributed by atoms with Gasteiger partial charge >= 0.3 is 5.97 Å². The first-order valence-electron chi connectivity index (χ1n) is 5.20. The normalized spacial score (nSPS) is 10.1. The summed E-state index contributed by atoms with van der Waals surface area (Å²) >= 11 is 5.96. The number of carbonyl (C=O) groups excluding carboxylic acids is 1. The minimum atomic E-state index is -0.539. The zero-order valence-corrected chi connectivity index (χ0v) is 10.1. The molecule has 0 bridgehead atoms. The van der Waals surface area contributed by atoms with Gasteiger partial charge in [-0.15, -0.1) is 5.48 Å². The molecule has 2 aromatic rings. The van der Waals surface area contributed by atoms with Crippen molar-refractivity contribution in [3.63, 3.8) is 0 Å². The molecule has 1 heterocycles. The molecule has 0 fully saturated rings. The van der Waals surface area contributed by atoms with Crippen molar-refractivity contribution in [1.82, 2.24) is 15.4 Å². The Labute approximate surface area is 109 Å². The molecule has 2 rings (SSSR count). The third-order valence-electron chi connectivity index (χ3n) is 2.18. The Balaban J connectivity index is 1.86. The van der Waals surface area contributed by atoms with Crippen LogP contribution in [0.15, 0.2) is 43.0 Å². The van der Waals surface area contributed by atoms with Crippen LogP contribution in [0.25, 0.3) is 0 Å². The molecule has 1 N–H and O–H groups in total. The summed E-state index contributed by atoms with van der Waals surface area (Å²) in [6, 6.07) is 7.30. The number of carbonyl (C=O) groups is 1. The second kappa shape index (κ2) is 6.09. The summed E-state index contributed by atoms with van der Waals surface area (Å²) in [6.45, 7) is 0.332. The summed E-state index contributed by atoms with van der Waals surface area (Å²) in [5.41, 5.74) is 3.68. The van der Waals surface area contributed by atoms with Gasteiger partial charge in [0.1, 0.15) is 6.33 Å². The van der Waals surface area contributed by atoms with E-state index < -0.39 is 5.97 Å². The summed E-state index contributed by atoms with van der Waals surface area (Å²) < 4.78 is 0. The first-order valence-corrected chi connectivity index (χ1v) is 5.57. The largest absolute Gasteiger partial charge is 0.366 e. The summed E-state index contributed by atoms with van der Waals surface area (Å²) in [5.74, 6) is -0.539. The highest BCUT2D eigenvalue weighted by molar-refractivity contribution is 6.31. The lowest BCUT2D eigenvalue weighted by Gasteiger charge is -2.06. The van der Waals surface area contributed by atoms with Crippen molar-refractivity contribution in [1.29, 1.82) is 0 Å². The van der Waals surface area contributed by atoms with E-state index in [0.29, 0.717) is 11.6 Å². The van der Waals surface area contributed by atoms with E-state index in [0.717, 1.165) is 5.56 Å². The van der Waals surface area contributed by atoms with E-state index in [1.54, 1.807) is 6.07 Å². The Morgan fingerprint density at radius 3 is 2.72 bits per heavy atom. The zero-order valence-electron chi connectivity index (χ0n) is 9.34. The average molecular weight is 264 g/mol. The zero-order chi connectivity index (χ0) is 12.8. The Morgan fingerprint density at radius 2 is 2.00 bits per heavy atom. The maximum absolute atomic E-state index is 11.5. The van der Waals surface area contributed by atoms with Crippen molar-refractivity contribution in [2.75, 3.05) is 0 Å². The number of nitrogens with one attached hydrogen (secondary N) is 1. The van der Waals surface area contributed by atoms with E-state index in [9.17, 15) is 4.79 Å². The number of hydroxylamine groups is 1. The van der Waals surface area contributed by atoms with E-state index in [-0.39, 0.29) is 5.56 Å². The summed E-state index contributed by atoms with van der Waals surface area (Å²) in [6.07, 6.45) is 4.10. The van der Waals surface area contributed by atoms with Crippen LogP contribution in [-0.4, -0.2) is 15.9 Å². The fraction of sp³-hybridized carbons (Fsp3) is 0.0833. The molecule has 1 aromatic carbocycles. The van der Waals surface area contributed by atoms with E-state index in [1.165, 1.54) is 18.7 Å². The van der Waals surface area contributed by atoms with Gasteiger partial charge < -0.3 is 4.84 Å². The van der Waals surface area contributed by atoms with Gasteiger partial charge in [0, 0.05) is 17.4 Å². The van der Waals surface area contributed by atoms with Crippen LogP contribution in [-0.2, 0) is 11.4 Å². The van der Waals surface area contributed by atoms with Gasteiger partial charge in [-0.1, -0.05) is 29.8 Å². The average Bonchev–Trinajstić information content (AvgIpc) is 2.42. The van der Waals surface area contributed by atoms with Crippen LogP contribution < -0.4 is 5.48 Å². The Bertz CT molecular complexity index is 534. The maximum Gasteiger partial charge on any atom is 0.359 e. The number of hydrogen-bond acceptors (Lipinski definition) is 5. The van der Waals surface area contributed by atoms with Crippen molar-refractivity contribution < 1.29 is 9.63 Å². The van der Waals surface area contributed by atoms with E-state index in [1.807, 2.05) is 18.2 Å². The monoisotopic (exact) mass is 263 g/mol. The van der Waals surface area contributed by atoms with Gasteiger partial charge in [-0.25, -0.2) is 14.8 Å². The first kappa shape index (κ1) is 12.5. The highest BCUT2D eigenvalue weighted by Crippen LogP contribution is 2.14. The standard InChI is InChI=1S/C12H10ClN3O2/c13-11-4-2-1-3-9(11)7-16-18-12(17)10-5-14-8-15-6-10/h1-6,8,16H,7H2. The predicted octanol–water partition coefficient (Wildman–Crippen LogP) is 1.99. The number of aromatic nitrogens is 2. The first-order chi connectivity index (χ1) is 8.77. The molecular formula is C12H10ClN3O2. The third-order valence-corrected chi connectivity index (χ3v) is 2.55. The van der Waals surface area contributed by atoms with Crippen LogP contribution >= 0.6 is 11.6 Å². The quantitative estimate of drug-likeness (QED) is 0.855. The van der Waals surface area contributed by atoms with E-state index in [2.05, 4.69) is 15.4 Å². The maximum atomic E-state index is 11.5. The fourth-order valence-corrected chi connectivity index (χ4v) is 1.49. The van der Waals surface area contributed by atoms with Gasteiger partial charge in [-0.3, -0.25) is 0 Å². The lowest BCUT2D eigenvalue weighted by Crippen LogP contribution is -2.20. The number of hydrogen-bond donors (Lipinski definition) is 1. The summed E-state index contributed by atoms with van der Waals surface area (Å²) in [7, 11) is 0. The molecule has 18 heavy (non-hydrogen) atoms. The number of rotatable bonds is 4. The molecular weight excluding hydrogens is 254 g/mol. The van der Waals surface area contributed by atoms with Gasteiger partial charge in [0.2, 0.25) is 0 Å². The molecule has 0 aliphatic heterocycles. The van der Waals surface area contributed by atoms with Crippen molar-refractivity contribution in [2.45, 2.75) is 6.54 Å². The van der Waals surface area contributed by atoms with Crippen molar-refractivity contribution in [3.05, 3.63) is 59.1 Å². The molecule has 0 atom stereocenters. The molecule has 0 radical (unpaired) electrons. The van der Waals surface area contributed by atoms with Crippen LogP contribution in [0.1, 0.15) is 15.9 Å². The van der Waals surface area contributed by atoms with Gasteiger partial charge in [-0.2, -0.15) is 0 Å². The molecule has 0 saturated heterocycles. The van der Waals surface area contributed by atoms with Gasteiger partial charge in [0.15, 0.2) is 0 Å². The van der Waals surface area contributed by atoms with Crippen LogP contribution in [0.3, 0.4) is 0 Å². The Morgan fingerprint density at radius 1 is 1.28 bits per heavy atom. The third kappa shape index (κ3) is 3.26. The van der Waals surface area contributed by atoms with Crippen LogP contribution in [0.4, 0.5) is 0 Å². The molecule has 92 valence electrons. The lowest BCUT2D eigenvalue weighted by molar-refractivity contribution is 0.0236. The second-order valence-corrected chi connectivity index (χ2v) is 3.84. The van der Waals surface area contributed by atoms with Crippen LogP contribution in [0.2, 0.25) is 5.02 Å². The number of benzene rings is 1. The minimum Gasteiger partial charge on any atom is -0.366 e. The highest BCUT2D eigenvalue weighted by Gasteiger charge is 2.07. The van der Waals surface area contributed by atoms with Crippen molar-refractivity contribution in [2.24, 2.45) is 0 Å². The molecule has 0 amide bonds. The second-order valence-electron chi connectivity index (χ2n) is 3.43. The fourth-order valence-electron chi connectivity index (χ4n) is 1.28. The summed E-state index contributed by atoms with van der Waals surface area (Å²) in [4.78, 5) is 23.8. The Hall–Kier alpha value is -1.98. The van der Waals surface area contributed by atoms with Gasteiger partial charge in [0.25, 0.3) is 0 Å². The molecule has 0 aliphatic rings. The topological polar surface area (TPSA) is 64.1 Å². The smallest absolute Gasteiger partial charge is 0.359 e. The molecule has 0 unspecified atom stereocenters. The number of halogens is 1. The number of nitrogens with zero attached hydrogens (tertiary/aromatic N) is 2. The van der Waals surface area contributed by atoms with Crippen LogP contribution in [0.5, 0.6) is 0 Å². The molecule has 0 saturated carbocycles. The van der Waals surface area contributed by atoms with E-state index in [4.69, 9.17) is 16.4 Å². The highest BCUT2D eigenvalue weighted by atomic mass is 35.5. The lowest BCUT2D eigenvalue weighted by atomic mass is 10.2. The van der Waals surface area contributed by atoms with Gasteiger partial charge in [0.05, 0.1) is 12.1 Å². The Kier molecular flexibility index (Phi) is 4.22. The van der Waals surface area contributed by atoms with Crippen molar-refractivity contribution in [3.8, 4) is 0 Å². The van der Waals surface area contributed by atoms with Crippen molar-refractivity contribution >= 4 is 17.6 Å². The summed E-state index contributed by atoms with van der Waals surface area (Å²) in [5, 5.41) is 0.615. The predicted molar refractivity (Wildman–Crippen MR) is 65.7 cm³/mol. The molecule has 6 heteroatoms. The minimum absolute atomic E-state index is 0.282. The van der Waals surface area contributed by atoms with E-state index >= 15 is 0 Å². The molecule has 5 nitrogen and oxygen atoms in total. The van der Waals surface area contributed by atoms with Crippen LogP contribution in [0, 0.1) is 0 Å². The molecule has 1 aromatic heterocycles. The SMILES string of the molecule is O=C(ONCc1ccccc1Cl)c1cncnc1. The molecule has 0 spiro atoms. The van der Waals surface area contributed by atoms with Gasteiger partial charge in [-0.05, 0) is 11.6 Å². The molecule has 0 aliphatic carbocycles.